The van der Waals surface area contributed by atoms with Crippen LogP contribution in [0, 0.1) is 0 Å². The van der Waals surface area contributed by atoms with E-state index >= 15 is 0 Å². The summed E-state index contributed by atoms with van der Waals surface area (Å²) in [5.74, 6) is 0.524. The van der Waals surface area contributed by atoms with Crippen molar-refractivity contribution in [1.29, 1.82) is 0 Å². The van der Waals surface area contributed by atoms with E-state index in [1.807, 2.05) is 5.38 Å². The van der Waals surface area contributed by atoms with E-state index in [1.165, 1.54) is 6.33 Å². The van der Waals surface area contributed by atoms with Gasteiger partial charge in [-0.1, -0.05) is 20.8 Å². The minimum Gasteiger partial charge on any atom is -0.324 e. The van der Waals surface area contributed by atoms with Gasteiger partial charge in [0.2, 0.25) is 5.91 Å². The quantitative estimate of drug-likeness (QED) is 0.787. The summed E-state index contributed by atoms with van der Waals surface area (Å²) in [6.45, 7) is 6.33. The normalized spacial score (nSPS) is 11.5. The molecule has 0 aliphatic rings. The molecule has 0 atom stereocenters. The van der Waals surface area contributed by atoms with Gasteiger partial charge in [0, 0.05) is 10.8 Å². The Hall–Kier alpha value is -2.61. The van der Waals surface area contributed by atoms with E-state index in [0.717, 1.165) is 10.7 Å². The van der Waals surface area contributed by atoms with Crippen LogP contribution in [0.4, 0.5) is 5.69 Å². The zero-order valence-corrected chi connectivity index (χ0v) is 14.5. The summed E-state index contributed by atoms with van der Waals surface area (Å²) in [5, 5.41) is 9.80. The van der Waals surface area contributed by atoms with Gasteiger partial charge in [-0.2, -0.15) is 5.10 Å². The molecule has 3 aromatic heterocycles. The minimum atomic E-state index is -0.115. The first-order valence-electron chi connectivity index (χ1n) is 7.47. The summed E-state index contributed by atoms with van der Waals surface area (Å²) >= 11 is 1.59. The highest BCUT2D eigenvalue weighted by Crippen LogP contribution is 2.25. The zero-order chi connectivity index (χ0) is 17.2. The predicted molar refractivity (Wildman–Crippen MR) is 92.3 cm³/mol. The fourth-order valence-corrected chi connectivity index (χ4v) is 2.93. The standard InChI is InChI=1S/C16H18N6OS/c1-16(2,3)15-21-12(8-24-15)6-14(23)20-11-4-5-13(18-7-11)22-10-17-9-19-22/h4-5,7-10H,6H2,1-3H3,(H,20,23). The lowest BCUT2D eigenvalue weighted by Crippen LogP contribution is -2.16. The summed E-state index contributed by atoms with van der Waals surface area (Å²) in [4.78, 5) is 24.8. The van der Waals surface area contributed by atoms with Gasteiger partial charge in [-0.3, -0.25) is 4.79 Å². The Labute approximate surface area is 143 Å². The largest absolute Gasteiger partial charge is 0.324 e. The molecular weight excluding hydrogens is 324 g/mol. The second-order valence-corrected chi connectivity index (χ2v) is 7.22. The fraction of sp³-hybridized carbons (Fsp3) is 0.312. The summed E-state index contributed by atoms with van der Waals surface area (Å²) in [7, 11) is 0. The van der Waals surface area contributed by atoms with Crippen LogP contribution in [0.3, 0.4) is 0 Å². The Morgan fingerprint density at radius 1 is 1.33 bits per heavy atom. The molecule has 0 saturated carbocycles. The third-order valence-electron chi connectivity index (χ3n) is 3.22. The number of amides is 1. The lowest BCUT2D eigenvalue weighted by atomic mass is 9.98. The number of nitrogens with one attached hydrogen (secondary N) is 1. The van der Waals surface area contributed by atoms with Crippen LogP contribution in [0.15, 0.2) is 36.4 Å². The fourth-order valence-electron chi connectivity index (χ4n) is 2.02. The van der Waals surface area contributed by atoms with Crippen LogP contribution in [-0.4, -0.2) is 30.6 Å². The van der Waals surface area contributed by atoms with Gasteiger partial charge < -0.3 is 5.32 Å². The van der Waals surface area contributed by atoms with E-state index in [4.69, 9.17) is 0 Å². The number of nitrogens with zero attached hydrogens (tertiary/aromatic N) is 5. The summed E-state index contributed by atoms with van der Waals surface area (Å²) in [6.07, 6.45) is 4.85. The monoisotopic (exact) mass is 342 g/mol. The molecule has 3 heterocycles. The van der Waals surface area contributed by atoms with E-state index in [0.29, 0.717) is 11.5 Å². The first-order chi connectivity index (χ1) is 11.4. The van der Waals surface area contributed by atoms with Gasteiger partial charge in [-0.25, -0.2) is 19.6 Å². The average Bonchev–Trinajstić information content (AvgIpc) is 3.18. The molecule has 1 N–H and O–H groups in total. The van der Waals surface area contributed by atoms with E-state index in [2.05, 4.69) is 46.1 Å². The van der Waals surface area contributed by atoms with Gasteiger partial charge in [0.1, 0.15) is 12.7 Å². The number of hydrogen-bond acceptors (Lipinski definition) is 6. The second kappa shape index (κ2) is 6.48. The van der Waals surface area contributed by atoms with Crippen molar-refractivity contribution >= 4 is 22.9 Å². The highest BCUT2D eigenvalue weighted by atomic mass is 32.1. The minimum absolute atomic E-state index is 0.000497. The van der Waals surface area contributed by atoms with Crippen molar-refractivity contribution in [3.63, 3.8) is 0 Å². The van der Waals surface area contributed by atoms with Crippen LogP contribution >= 0.6 is 11.3 Å². The molecule has 3 aromatic rings. The van der Waals surface area contributed by atoms with Crippen molar-refractivity contribution in [3.8, 4) is 5.82 Å². The van der Waals surface area contributed by atoms with Gasteiger partial charge in [-0.05, 0) is 12.1 Å². The summed E-state index contributed by atoms with van der Waals surface area (Å²) < 4.78 is 1.55. The zero-order valence-electron chi connectivity index (χ0n) is 13.7. The summed E-state index contributed by atoms with van der Waals surface area (Å²) in [6, 6.07) is 3.55. The van der Waals surface area contributed by atoms with Crippen molar-refractivity contribution in [2.75, 3.05) is 5.32 Å². The third kappa shape index (κ3) is 3.83. The second-order valence-electron chi connectivity index (χ2n) is 6.36. The van der Waals surface area contributed by atoms with Gasteiger partial charge >= 0.3 is 0 Å². The number of thiazole rings is 1. The van der Waals surface area contributed by atoms with Crippen LogP contribution in [0.5, 0.6) is 0 Å². The molecule has 0 unspecified atom stereocenters. The molecule has 8 heteroatoms. The Morgan fingerprint density at radius 3 is 2.75 bits per heavy atom. The lowest BCUT2D eigenvalue weighted by molar-refractivity contribution is -0.115. The van der Waals surface area contributed by atoms with Gasteiger partial charge in [0.05, 0.1) is 29.0 Å². The van der Waals surface area contributed by atoms with Crippen LogP contribution in [0.25, 0.3) is 5.82 Å². The number of anilines is 1. The van der Waals surface area contributed by atoms with Crippen LogP contribution in [0.2, 0.25) is 0 Å². The molecule has 0 bridgehead atoms. The van der Waals surface area contributed by atoms with Gasteiger partial charge in [0.25, 0.3) is 0 Å². The van der Waals surface area contributed by atoms with Gasteiger partial charge in [0.15, 0.2) is 5.82 Å². The van der Waals surface area contributed by atoms with Gasteiger partial charge in [-0.15, -0.1) is 11.3 Å². The molecule has 0 spiro atoms. The number of carbonyl (C=O) groups excluding carboxylic acids is 1. The topological polar surface area (TPSA) is 85.6 Å². The molecule has 24 heavy (non-hydrogen) atoms. The van der Waals surface area contributed by atoms with E-state index in [1.54, 1.807) is 40.7 Å². The van der Waals surface area contributed by atoms with Crippen molar-refractivity contribution in [2.24, 2.45) is 0 Å². The maximum Gasteiger partial charge on any atom is 0.230 e. The summed E-state index contributed by atoms with van der Waals surface area (Å²) in [5.41, 5.74) is 1.42. The molecule has 1 amide bonds. The SMILES string of the molecule is CC(C)(C)c1nc(CC(=O)Nc2ccc(-n3cncn3)nc2)cs1. The molecule has 7 nitrogen and oxygen atoms in total. The molecular formula is C16H18N6OS. The molecule has 0 saturated heterocycles. The highest BCUT2D eigenvalue weighted by Gasteiger charge is 2.18. The maximum atomic E-state index is 12.2. The Morgan fingerprint density at radius 2 is 2.17 bits per heavy atom. The molecule has 124 valence electrons. The Balaban J connectivity index is 1.61. The predicted octanol–water partition coefficient (Wildman–Crippen LogP) is 2.60. The number of hydrogen-bond donors (Lipinski definition) is 1. The van der Waals surface area contributed by atoms with E-state index in [9.17, 15) is 4.79 Å². The van der Waals surface area contributed by atoms with Crippen molar-refractivity contribution in [2.45, 2.75) is 32.6 Å². The van der Waals surface area contributed by atoms with Crippen LogP contribution < -0.4 is 5.32 Å². The number of carbonyl (C=O) groups is 1. The van der Waals surface area contributed by atoms with E-state index in [-0.39, 0.29) is 17.7 Å². The molecule has 3 rings (SSSR count). The molecule has 0 aliphatic carbocycles. The average molecular weight is 342 g/mol. The van der Waals surface area contributed by atoms with Crippen LogP contribution in [0.1, 0.15) is 31.5 Å². The first kappa shape index (κ1) is 16.3. The number of aromatic nitrogens is 5. The maximum absolute atomic E-state index is 12.2. The lowest BCUT2D eigenvalue weighted by Gasteiger charge is -2.13. The van der Waals surface area contributed by atoms with Crippen LogP contribution in [-0.2, 0) is 16.6 Å². The number of rotatable bonds is 4. The highest BCUT2D eigenvalue weighted by molar-refractivity contribution is 7.09. The molecule has 0 fully saturated rings. The Kier molecular flexibility index (Phi) is 4.39. The first-order valence-corrected chi connectivity index (χ1v) is 8.35. The van der Waals surface area contributed by atoms with E-state index < -0.39 is 0 Å². The molecule has 0 radical (unpaired) electrons. The number of pyridine rings is 1. The van der Waals surface area contributed by atoms with Crippen molar-refractivity contribution in [1.82, 2.24) is 24.7 Å². The molecule has 0 aliphatic heterocycles. The molecule has 0 aromatic carbocycles. The Bertz CT molecular complexity index is 817. The van der Waals surface area contributed by atoms with Crippen molar-refractivity contribution < 1.29 is 4.79 Å². The van der Waals surface area contributed by atoms with Crippen molar-refractivity contribution in [3.05, 3.63) is 47.1 Å². The third-order valence-corrected chi connectivity index (χ3v) is 4.54. The smallest absolute Gasteiger partial charge is 0.230 e.